The zero-order valence-corrected chi connectivity index (χ0v) is 13.3. The molecule has 0 radical (unpaired) electrons. The Balaban J connectivity index is 2.46. The number of hydrogen-bond donors (Lipinski definition) is 0. The van der Waals surface area contributed by atoms with Crippen LogP contribution in [-0.4, -0.2) is 26.5 Å². The van der Waals surface area contributed by atoms with E-state index in [0.29, 0.717) is 6.61 Å². The van der Waals surface area contributed by atoms with E-state index in [2.05, 4.69) is 15.9 Å². The van der Waals surface area contributed by atoms with Crippen molar-refractivity contribution >= 4 is 37.4 Å². The highest BCUT2D eigenvalue weighted by molar-refractivity contribution is 9.10. The molecule has 18 heavy (non-hydrogen) atoms. The normalized spacial score (nSPS) is 18.0. The highest BCUT2D eigenvalue weighted by Crippen LogP contribution is 2.41. The Morgan fingerprint density at radius 2 is 2.11 bits per heavy atom. The van der Waals surface area contributed by atoms with Gasteiger partial charge in [-0.1, -0.05) is 15.9 Å². The van der Waals surface area contributed by atoms with E-state index in [-0.39, 0.29) is 0 Å². The molecule has 100 valence electrons. The predicted molar refractivity (Wildman–Crippen MR) is 76.2 cm³/mol. The molecule has 0 saturated heterocycles. The second-order valence-electron chi connectivity index (χ2n) is 4.52. The van der Waals surface area contributed by atoms with Crippen LogP contribution in [-0.2, 0) is 16.3 Å². The van der Waals surface area contributed by atoms with Crippen molar-refractivity contribution in [2.45, 2.75) is 24.0 Å². The van der Waals surface area contributed by atoms with E-state index < -0.39 is 20.5 Å². The average molecular weight is 354 g/mol. The Labute approximate surface area is 121 Å². The molecule has 1 aliphatic heterocycles. The lowest BCUT2D eigenvalue weighted by Gasteiger charge is -2.19. The van der Waals surface area contributed by atoms with Gasteiger partial charge in [0.2, 0.25) is 0 Å². The van der Waals surface area contributed by atoms with Gasteiger partial charge in [0.05, 0.1) is 17.2 Å². The van der Waals surface area contributed by atoms with Gasteiger partial charge in [-0.2, -0.15) is 0 Å². The topological polar surface area (TPSA) is 43.4 Å². The van der Waals surface area contributed by atoms with Crippen LogP contribution in [0.4, 0.5) is 0 Å². The molecule has 0 saturated carbocycles. The van der Waals surface area contributed by atoms with Crippen molar-refractivity contribution in [2.24, 2.45) is 0 Å². The van der Waals surface area contributed by atoms with Crippen molar-refractivity contribution in [3.05, 3.63) is 27.7 Å². The summed E-state index contributed by atoms with van der Waals surface area (Å²) in [5.74, 6) is 0.744. The summed E-state index contributed by atoms with van der Waals surface area (Å²) in [5.41, 5.74) is 1.82. The molecule has 0 amide bonds. The summed E-state index contributed by atoms with van der Waals surface area (Å²) in [5, 5.41) is -1.26. The van der Waals surface area contributed by atoms with Gasteiger partial charge in [-0.3, -0.25) is 0 Å². The Morgan fingerprint density at radius 1 is 1.44 bits per heavy atom. The number of rotatable bonds is 3. The largest absolute Gasteiger partial charge is 0.493 e. The Bertz CT molecular complexity index is 571. The Hall–Kier alpha value is -0.260. The van der Waals surface area contributed by atoms with Gasteiger partial charge in [-0.15, -0.1) is 11.6 Å². The second kappa shape index (κ2) is 5.02. The summed E-state index contributed by atoms with van der Waals surface area (Å²) < 4.78 is 29.7. The first-order valence-corrected chi connectivity index (χ1v) is 8.77. The van der Waals surface area contributed by atoms with Crippen LogP contribution in [0.25, 0.3) is 0 Å². The molecular weight excluding hydrogens is 340 g/mol. The lowest BCUT2D eigenvalue weighted by atomic mass is 10.0. The first kappa shape index (κ1) is 14.2. The van der Waals surface area contributed by atoms with Gasteiger partial charge in [0, 0.05) is 22.7 Å². The number of halogens is 2. The number of alkyl halides is 1. The lowest BCUT2D eigenvalue weighted by Crippen LogP contribution is -2.21. The molecule has 2 unspecified atom stereocenters. The van der Waals surface area contributed by atoms with Crippen molar-refractivity contribution < 1.29 is 13.2 Å². The molecule has 0 aromatic heterocycles. The third-order valence-corrected chi connectivity index (χ3v) is 6.00. The minimum Gasteiger partial charge on any atom is -0.493 e. The molecule has 1 aliphatic rings. The van der Waals surface area contributed by atoms with Gasteiger partial charge in [0.15, 0.2) is 9.84 Å². The third-order valence-electron chi connectivity index (χ3n) is 3.16. The molecule has 0 aliphatic carbocycles. The molecule has 6 heteroatoms. The second-order valence-corrected chi connectivity index (χ2v) is 8.31. The molecule has 1 aromatic carbocycles. The summed E-state index contributed by atoms with van der Waals surface area (Å²) in [4.78, 5) is 0. The smallest absolute Gasteiger partial charge is 0.151 e. The van der Waals surface area contributed by atoms with Gasteiger partial charge in [-0.05, 0) is 24.6 Å². The van der Waals surface area contributed by atoms with Crippen LogP contribution >= 0.6 is 27.5 Å². The number of benzene rings is 1. The molecule has 2 rings (SSSR count). The molecule has 2 atom stereocenters. The van der Waals surface area contributed by atoms with Crippen LogP contribution in [0.1, 0.15) is 23.4 Å². The number of hydrogen-bond acceptors (Lipinski definition) is 3. The highest BCUT2D eigenvalue weighted by atomic mass is 79.9. The van der Waals surface area contributed by atoms with Crippen molar-refractivity contribution in [2.75, 3.05) is 12.9 Å². The minimum absolute atomic E-state index is 0.607. The predicted octanol–water partition coefficient (Wildman–Crippen LogP) is 3.10. The van der Waals surface area contributed by atoms with Crippen LogP contribution in [0.2, 0.25) is 0 Å². The van der Waals surface area contributed by atoms with Crippen molar-refractivity contribution in [1.82, 2.24) is 0 Å². The number of ether oxygens (including phenoxy) is 1. The van der Waals surface area contributed by atoms with E-state index in [1.54, 1.807) is 6.92 Å². The van der Waals surface area contributed by atoms with Gasteiger partial charge in [0.25, 0.3) is 0 Å². The maximum atomic E-state index is 11.6. The van der Waals surface area contributed by atoms with Gasteiger partial charge in [-0.25, -0.2) is 8.42 Å². The first-order valence-electron chi connectivity index (χ1n) is 5.58. The SMILES string of the molecule is CC(C(Cl)c1cc(Br)cc2c1OCC2)S(C)(=O)=O. The van der Waals surface area contributed by atoms with Crippen LogP contribution in [0.5, 0.6) is 5.75 Å². The van der Waals surface area contributed by atoms with Crippen molar-refractivity contribution in [3.8, 4) is 5.75 Å². The van der Waals surface area contributed by atoms with E-state index in [1.165, 1.54) is 6.26 Å². The van der Waals surface area contributed by atoms with Crippen LogP contribution < -0.4 is 4.74 Å². The van der Waals surface area contributed by atoms with Crippen LogP contribution in [0.15, 0.2) is 16.6 Å². The van der Waals surface area contributed by atoms with E-state index in [9.17, 15) is 8.42 Å². The molecule has 0 N–H and O–H groups in total. The van der Waals surface area contributed by atoms with Crippen molar-refractivity contribution in [3.63, 3.8) is 0 Å². The molecule has 1 heterocycles. The fraction of sp³-hybridized carbons (Fsp3) is 0.500. The highest BCUT2D eigenvalue weighted by Gasteiger charge is 2.30. The Morgan fingerprint density at radius 3 is 2.72 bits per heavy atom. The van der Waals surface area contributed by atoms with Crippen molar-refractivity contribution in [1.29, 1.82) is 0 Å². The summed E-state index contributed by atoms with van der Waals surface area (Å²) >= 11 is 9.74. The molecule has 0 spiro atoms. The summed E-state index contributed by atoms with van der Waals surface area (Å²) in [6.07, 6.45) is 2.03. The zero-order chi connectivity index (χ0) is 13.5. The summed E-state index contributed by atoms with van der Waals surface area (Å²) in [7, 11) is -3.18. The Kier molecular flexibility index (Phi) is 3.95. The minimum atomic E-state index is -3.18. The zero-order valence-electron chi connectivity index (χ0n) is 10.1. The maximum absolute atomic E-state index is 11.6. The van der Waals surface area contributed by atoms with E-state index in [0.717, 1.165) is 27.8 Å². The molecular formula is C12H14BrClO3S. The fourth-order valence-electron chi connectivity index (χ4n) is 1.97. The standard InChI is InChI=1S/C12H14BrClO3S/c1-7(18(2,15)16)11(14)10-6-9(13)5-8-3-4-17-12(8)10/h5-7,11H,3-4H2,1-2H3. The van der Waals surface area contributed by atoms with E-state index in [1.807, 2.05) is 12.1 Å². The van der Waals surface area contributed by atoms with Gasteiger partial charge in [0.1, 0.15) is 5.75 Å². The first-order chi connectivity index (χ1) is 8.30. The summed E-state index contributed by atoms with van der Waals surface area (Å²) in [6, 6.07) is 3.82. The van der Waals surface area contributed by atoms with E-state index >= 15 is 0 Å². The molecule has 0 fully saturated rings. The monoisotopic (exact) mass is 352 g/mol. The number of sulfone groups is 1. The lowest BCUT2D eigenvalue weighted by molar-refractivity contribution is 0.353. The number of fused-ring (bicyclic) bond motifs is 1. The summed E-state index contributed by atoms with van der Waals surface area (Å²) in [6.45, 7) is 2.24. The third kappa shape index (κ3) is 2.68. The average Bonchev–Trinajstić information content (AvgIpc) is 2.72. The maximum Gasteiger partial charge on any atom is 0.151 e. The fourth-order valence-corrected chi connectivity index (χ4v) is 3.80. The van der Waals surface area contributed by atoms with Crippen LogP contribution in [0.3, 0.4) is 0 Å². The van der Waals surface area contributed by atoms with Gasteiger partial charge >= 0.3 is 0 Å². The van der Waals surface area contributed by atoms with Gasteiger partial charge < -0.3 is 4.74 Å². The quantitative estimate of drug-likeness (QED) is 0.784. The molecule has 0 bridgehead atoms. The van der Waals surface area contributed by atoms with E-state index in [4.69, 9.17) is 16.3 Å². The molecule has 3 nitrogen and oxygen atoms in total. The molecule has 1 aromatic rings. The van der Waals surface area contributed by atoms with Crippen LogP contribution in [0, 0.1) is 0 Å².